The molecule has 4 aromatic carbocycles. The van der Waals surface area contributed by atoms with Gasteiger partial charge in [-0.25, -0.2) is 4.98 Å². The molecule has 1 amide bonds. The van der Waals surface area contributed by atoms with E-state index in [-0.39, 0.29) is 17.2 Å². The van der Waals surface area contributed by atoms with Crippen LogP contribution in [0.25, 0.3) is 22.0 Å². The van der Waals surface area contributed by atoms with Gasteiger partial charge in [0.05, 0.1) is 16.6 Å². The van der Waals surface area contributed by atoms with Crippen LogP contribution in [0.1, 0.15) is 47.4 Å². The first-order chi connectivity index (χ1) is 17.6. The second kappa shape index (κ2) is 9.03. The molecule has 0 saturated carbocycles. The summed E-state index contributed by atoms with van der Waals surface area (Å²) in [5, 5.41) is 7.50. The molecule has 1 atom stereocenters. The average molecular weight is 489 g/mol. The second-order valence-electron chi connectivity index (χ2n) is 9.84. The predicted octanol–water partition coefficient (Wildman–Crippen LogP) is 7.38. The molecule has 0 radical (unpaired) electrons. The summed E-state index contributed by atoms with van der Waals surface area (Å²) in [7, 11) is 1.74. The summed E-state index contributed by atoms with van der Waals surface area (Å²) in [4.78, 5) is 16.9. The molecule has 4 heteroatoms. The normalized spacial score (nSPS) is 21.2. The van der Waals surface area contributed by atoms with E-state index in [4.69, 9.17) is 0 Å². The molecule has 0 saturated heterocycles. The maximum atomic E-state index is 12.6. The average Bonchev–Trinajstić information content (AvgIpc) is 3.48. The number of carbonyl (C=O) groups is 1. The van der Waals surface area contributed by atoms with Gasteiger partial charge in [0.25, 0.3) is 0 Å². The van der Waals surface area contributed by atoms with E-state index in [0.29, 0.717) is 5.92 Å². The summed E-state index contributed by atoms with van der Waals surface area (Å²) in [6.07, 6.45) is 0.894. The summed E-state index contributed by atoms with van der Waals surface area (Å²) < 4.78 is 0. The minimum absolute atomic E-state index is 0.154. The van der Waals surface area contributed by atoms with E-state index in [1.807, 2.05) is 5.51 Å². The van der Waals surface area contributed by atoms with Crippen LogP contribution in [-0.4, -0.2) is 17.9 Å². The van der Waals surface area contributed by atoms with E-state index >= 15 is 0 Å². The van der Waals surface area contributed by atoms with Crippen LogP contribution < -0.4 is 5.32 Å². The van der Waals surface area contributed by atoms with Crippen molar-refractivity contribution in [2.75, 3.05) is 7.05 Å². The number of hydrogen-bond donors (Lipinski definition) is 1. The van der Waals surface area contributed by atoms with E-state index in [1.54, 1.807) is 18.4 Å². The van der Waals surface area contributed by atoms with Gasteiger partial charge in [-0.05, 0) is 46.4 Å². The fraction of sp³-hybridized carbons (Fsp3) is 0.188. The van der Waals surface area contributed by atoms with Gasteiger partial charge in [0, 0.05) is 29.8 Å². The van der Waals surface area contributed by atoms with Crippen LogP contribution in [0.2, 0.25) is 0 Å². The molecule has 1 aromatic heterocycles. The van der Waals surface area contributed by atoms with Gasteiger partial charge in [-0.3, -0.25) is 4.79 Å². The van der Waals surface area contributed by atoms with Gasteiger partial charge in [0.2, 0.25) is 5.91 Å². The topological polar surface area (TPSA) is 42.0 Å². The number of amides is 1. The SMILES string of the molecule is CNC(=O)C1(C)CC2c3ccccc3C1c1ccccc12.c1ccc2c(-c3cscn3)cccc2c1. The lowest BCUT2D eigenvalue weighted by atomic mass is 9.52. The van der Waals surface area contributed by atoms with Crippen LogP contribution in [0.3, 0.4) is 0 Å². The van der Waals surface area contributed by atoms with E-state index in [1.165, 1.54) is 38.6 Å². The highest BCUT2D eigenvalue weighted by molar-refractivity contribution is 7.07. The van der Waals surface area contributed by atoms with Gasteiger partial charge in [-0.15, -0.1) is 11.3 Å². The zero-order valence-electron chi connectivity index (χ0n) is 20.4. The minimum atomic E-state index is -0.359. The summed E-state index contributed by atoms with van der Waals surface area (Å²) >= 11 is 1.63. The first kappa shape index (κ1) is 22.7. The monoisotopic (exact) mass is 488 g/mol. The second-order valence-corrected chi connectivity index (χ2v) is 10.6. The molecule has 3 nitrogen and oxygen atoms in total. The Kier molecular flexibility index (Phi) is 5.69. The third kappa shape index (κ3) is 3.56. The Labute approximate surface area is 215 Å². The van der Waals surface area contributed by atoms with Gasteiger partial charge in [0.1, 0.15) is 0 Å². The van der Waals surface area contributed by atoms with Crippen molar-refractivity contribution in [2.24, 2.45) is 5.41 Å². The maximum absolute atomic E-state index is 12.6. The summed E-state index contributed by atoms with van der Waals surface area (Å²) in [5.74, 6) is 0.654. The number of rotatable bonds is 2. The van der Waals surface area contributed by atoms with Crippen LogP contribution in [-0.2, 0) is 4.79 Å². The molecule has 36 heavy (non-hydrogen) atoms. The Bertz CT molecular complexity index is 1510. The molecule has 2 bridgehead atoms. The predicted molar refractivity (Wildman–Crippen MR) is 148 cm³/mol. The number of fused-ring (bicyclic) bond motifs is 2. The highest BCUT2D eigenvalue weighted by atomic mass is 32.1. The molecule has 0 fully saturated rings. The smallest absolute Gasteiger partial charge is 0.226 e. The standard InChI is InChI=1S/C19H19NO.C13H9NS/c1-19(18(21)20-2)11-16-12-7-3-5-9-14(12)17(19)15-10-6-4-8-13(15)16;1-2-6-11-10(4-1)5-3-7-12(11)13-8-15-9-14-13/h3-10,16-17H,11H2,1-2H3,(H,20,21);1-9H. The van der Waals surface area contributed by atoms with Gasteiger partial charge in [0.15, 0.2) is 0 Å². The van der Waals surface area contributed by atoms with E-state index in [9.17, 15) is 4.79 Å². The van der Waals surface area contributed by atoms with Crippen molar-refractivity contribution in [3.8, 4) is 11.3 Å². The number of aromatic nitrogens is 1. The van der Waals surface area contributed by atoms with Gasteiger partial charge in [-0.2, -0.15) is 0 Å². The summed E-state index contributed by atoms with van der Waals surface area (Å²) in [5.41, 5.74) is 9.27. The van der Waals surface area contributed by atoms with E-state index < -0.39 is 0 Å². The van der Waals surface area contributed by atoms with Crippen LogP contribution in [0, 0.1) is 5.41 Å². The number of nitrogens with one attached hydrogen (secondary N) is 1. The Morgan fingerprint density at radius 1 is 0.861 bits per heavy atom. The van der Waals surface area contributed by atoms with Crippen molar-refractivity contribution in [3.63, 3.8) is 0 Å². The summed E-state index contributed by atoms with van der Waals surface area (Å²) in [6, 6.07) is 32.0. The maximum Gasteiger partial charge on any atom is 0.226 e. The lowest BCUT2D eigenvalue weighted by Gasteiger charge is -2.50. The number of nitrogens with zero attached hydrogens (tertiary/aromatic N) is 1. The lowest BCUT2D eigenvalue weighted by molar-refractivity contribution is -0.131. The summed E-state index contributed by atoms with van der Waals surface area (Å²) in [6.45, 7) is 2.12. The lowest BCUT2D eigenvalue weighted by Crippen LogP contribution is -2.48. The molecule has 3 aliphatic carbocycles. The largest absolute Gasteiger partial charge is 0.359 e. The third-order valence-electron chi connectivity index (χ3n) is 7.87. The zero-order valence-corrected chi connectivity index (χ0v) is 21.3. The molecule has 8 rings (SSSR count). The minimum Gasteiger partial charge on any atom is -0.359 e. The molecular formula is C32H28N2OS. The molecule has 1 heterocycles. The first-order valence-corrected chi connectivity index (χ1v) is 13.3. The van der Waals surface area contributed by atoms with Gasteiger partial charge in [-0.1, -0.05) is 91.0 Å². The van der Waals surface area contributed by atoms with Crippen molar-refractivity contribution < 1.29 is 4.79 Å². The van der Waals surface area contributed by atoms with E-state index in [2.05, 4.69) is 114 Å². The Morgan fingerprint density at radius 2 is 1.47 bits per heavy atom. The molecule has 1 unspecified atom stereocenters. The molecular weight excluding hydrogens is 460 g/mol. The Hall–Kier alpha value is -3.76. The molecule has 178 valence electrons. The number of benzene rings is 4. The molecule has 0 spiro atoms. The highest BCUT2D eigenvalue weighted by Gasteiger charge is 2.53. The van der Waals surface area contributed by atoms with Crippen LogP contribution >= 0.6 is 11.3 Å². The number of carbonyl (C=O) groups excluding carboxylic acids is 1. The van der Waals surface area contributed by atoms with Crippen molar-refractivity contribution in [3.05, 3.63) is 124 Å². The van der Waals surface area contributed by atoms with Crippen molar-refractivity contribution >= 4 is 28.0 Å². The highest BCUT2D eigenvalue weighted by Crippen LogP contribution is 2.60. The molecule has 0 aliphatic heterocycles. The fourth-order valence-corrected chi connectivity index (χ4v) is 6.82. The Morgan fingerprint density at radius 3 is 2.11 bits per heavy atom. The molecule has 3 aliphatic rings. The Balaban J connectivity index is 0.000000141. The van der Waals surface area contributed by atoms with Crippen molar-refractivity contribution in [1.82, 2.24) is 10.3 Å². The molecule has 5 aromatic rings. The van der Waals surface area contributed by atoms with Crippen molar-refractivity contribution in [2.45, 2.75) is 25.2 Å². The number of hydrogen-bond acceptors (Lipinski definition) is 3. The first-order valence-electron chi connectivity index (χ1n) is 12.4. The van der Waals surface area contributed by atoms with Gasteiger partial charge < -0.3 is 5.32 Å². The van der Waals surface area contributed by atoms with Gasteiger partial charge >= 0.3 is 0 Å². The zero-order chi connectivity index (χ0) is 24.7. The van der Waals surface area contributed by atoms with Crippen LogP contribution in [0.15, 0.2) is 102 Å². The fourth-order valence-electron chi connectivity index (χ4n) is 6.27. The number of thiazole rings is 1. The van der Waals surface area contributed by atoms with E-state index in [0.717, 1.165) is 12.1 Å². The van der Waals surface area contributed by atoms with Crippen molar-refractivity contribution in [1.29, 1.82) is 0 Å². The third-order valence-corrected chi connectivity index (χ3v) is 8.46. The quantitative estimate of drug-likeness (QED) is 0.282. The van der Waals surface area contributed by atoms with Crippen LogP contribution in [0.5, 0.6) is 0 Å². The molecule has 1 N–H and O–H groups in total. The van der Waals surface area contributed by atoms with Crippen LogP contribution in [0.4, 0.5) is 0 Å².